The maximum atomic E-state index is 12.6. The van der Waals surface area contributed by atoms with E-state index in [1.807, 2.05) is 0 Å². The van der Waals surface area contributed by atoms with E-state index in [9.17, 15) is 4.39 Å². The second kappa shape index (κ2) is 2.87. The molecule has 0 aromatic rings. The summed E-state index contributed by atoms with van der Waals surface area (Å²) in [5.74, 6) is 0.308. The predicted molar refractivity (Wildman–Crippen MR) is 40.8 cm³/mol. The lowest BCUT2D eigenvalue weighted by Gasteiger charge is -2.42. The van der Waals surface area contributed by atoms with Crippen molar-refractivity contribution in [3.63, 3.8) is 0 Å². The molecule has 0 saturated carbocycles. The van der Waals surface area contributed by atoms with Gasteiger partial charge in [0.25, 0.3) is 0 Å². The minimum Gasteiger partial charge on any atom is -0.300 e. The monoisotopic (exact) mass is 145 g/mol. The molecule has 1 unspecified atom stereocenters. The Bertz CT molecular complexity index is 93.8. The SMILES string of the molecule is CC(F)C1CN(C(C)C)C1. The summed E-state index contributed by atoms with van der Waals surface area (Å²) in [6.07, 6.45) is -0.616. The quantitative estimate of drug-likeness (QED) is 0.571. The lowest BCUT2D eigenvalue weighted by atomic mass is 9.94. The zero-order chi connectivity index (χ0) is 7.72. The molecule has 0 aliphatic carbocycles. The summed E-state index contributed by atoms with van der Waals surface area (Å²) in [6, 6.07) is 0.593. The zero-order valence-electron chi connectivity index (χ0n) is 6.97. The fourth-order valence-corrected chi connectivity index (χ4v) is 1.26. The zero-order valence-corrected chi connectivity index (χ0v) is 6.97. The summed E-state index contributed by atoms with van der Waals surface area (Å²) in [5, 5.41) is 0. The fourth-order valence-electron chi connectivity index (χ4n) is 1.26. The minimum atomic E-state index is -0.616. The van der Waals surface area contributed by atoms with Crippen LogP contribution in [0.15, 0.2) is 0 Å². The topological polar surface area (TPSA) is 3.24 Å². The molecule has 0 aromatic carbocycles. The molecule has 0 spiro atoms. The van der Waals surface area contributed by atoms with E-state index in [0.717, 1.165) is 13.1 Å². The third-order valence-electron chi connectivity index (χ3n) is 2.32. The van der Waals surface area contributed by atoms with Crippen LogP contribution in [0.2, 0.25) is 0 Å². The number of hydrogen-bond donors (Lipinski definition) is 0. The van der Waals surface area contributed by atoms with Gasteiger partial charge in [0.1, 0.15) is 6.17 Å². The van der Waals surface area contributed by atoms with Gasteiger partial charge in [-0.2, -0.15) is 0 Å². The van der Waals surface area contributed by atoms with E-state index in [0.29, 0.717) is 12.0 Å². The van der Waals surface area contributed by atoms with Crippen LogP contribution in [0.25, 0.3) is 0 Å². The van der Waals surface area contributed by atoms with Crippen molar-refractivity contribution >= 4 is 0 Å². The minimum absolute atomic E-state index is 0.308. The summed E-state index contributed by atoms with van der Waals surface area (Å²) in [5.41, 5.74) is 0. The highest BCUT2D eigenvalue weighted by Gasteiger charge is 2.32. The molecule has 0 radical (unpaired) electrons. The first-order chi connectivity index (χ1) is 4.61. The molecular formula is C8H16FN. The van der Waals surface area contributed by atoms with E-state index < -0.39 is 6.17 Å². The van der Waals surface area contributed by atoms with Crippen LogP contribution in [0, 0.1) is 5.92 Å². The van der Waals surface area contributed by atoms with Crippen LogP contribution < -0.4 is 0 Å². The van der Waals surface area contributed by atoms with E-state index in [1.54, 1.807) is 6.92 Å². The summed E-state index contributed by atoms with van der Waals surface area (Å²) in [4.78, 5) is 2.29. The Balaban J connectivity index is 2.18. The third kappa shape index (κ3) is 1.48. The molecule has 60 valence electrons. The largest absolute Gasteiger partial charge is 0.300 e. The van der Waals surface area contributed by atoms with Crippen LogP contribution in [0.3, 0.4) is 0 Å². The summed E-state index contributed by atoms with van der Waals surface area (Å²) < 4.78 is 12.6. The Morgan fingerprint density at radius 3 is 2.10 bits per heavy atom. The van der Waals surface area contributed by atoms with Gasteiger partial charge in [0.05, 0.1) is 0 Å². The molecule has 1 saturated heterocycles. The highest BCUT2D eigenvalue weighted by atomic mass is 19.1. The maximum absolute atomic E-state index is 12.6. The molecule has 1 aliphatic rings. The average Bonchev–Trinajstić information content (AvgIpc) is 1.56. The van der Waals surface area contributed by atoms with Gasteiger partial charge in [-0.15, -0.1) is 0 Å². The Labute approximate surface area is 62.2 Å². The van der Waals surface area contributed by atoms with Gasteiger partial charge in [-0.3, -0.25) is 0 Å². The van der Waals surface area contributed by atoms with Crippen LogP contribution >= 0.6 is 0 Å². The molecule has 10 heavy (non-hydrogen) atoms. The lowest BCUT2D eigenvalue weighted by Crippen LogP contribution is -2.53. The van der Waals surface area contributed by atoms with E-state index in [4.69, 9.17) is 0 Å². The van der Waals surface area contributed by atoms with Crippen LogP contribution in [-0.2, 0) is 0 Å². The average molecular weight is 145 g/mol. The Morgan fingerprint density at radius 1 is 1.30 bits per heavy atom. The van der Waals surface area contributed by atoms with Crippen molar-refractivity contribution < 1.29 is 4.39 Å². The first kappa shape index (κ1) is 7.99. The normalized spacial score (nSPS) is 24.9. The van der Waals surface area contributed by atoms with Crippen molar-refractivity contribution in [1.82, 2.24) is 4.90 Å². The van der Waals surface area contributed by atoms with Gasteiger partial charge in [-0.25, -0.2) is 4.39 Å². The molecule has 1 nitrogen and oxygen atoms in total. The van der Waals surface area contributed by atoms with E-state index in [-0.39, 0.29) is 0 Å². The molecule has 1 fully saturated rings. The summed E-state index contributed by atoms with van der Waals surface area (Å²) in [6.45, 7) is 7.87. The number of halogens is 1. The van der Waals surface area contributed by atoms with E-state index >= 15 is 0 Å². The van der Waals surface area contributed by atoms with Crippen LogP contribution in [0.5, 0.6) is 0 Å². The summed E-state index contributed by atoms with van der Waals surface area (Å²) in [7, 11) is 0. The number of alkyl halides is 1. The number of rotatable bonds is 2. The summed E-state index contributed by atoms with van der Waals surface area (Å²) >= 11 is 0. The van der Waals surface area contributed by atoms with Gasteiger partial charge in [0, 0.05) is 25.0 Å². The molecule has 0 amide bonds. The van der Waals surface area contributed by atoms with Crippen molar-refractivity contribution in [2.45, 2.75) is 33.0 Å². The molecule has 1 heterocycles. The van der Waals surface area contributed by atoms with Crippen molar-refractivity contribution in [2.24, 2.45) is 5.92 Å². The molecule has 0 aromatic heterocycles. The van der Waals surface area contributed by atoms with E-state index in [1.165, 1.54) is 0 Å². The molecule has 0 bridgehead atoms. The van der Waals surface area contributed by atoms with Gasteiger partial charge in [-0.05, 0) is 20.8 Å². The maximum Gasteiger partial charge on any atom is 0.103 e. The van der Waals surface area contributed by atoms with Crippen molar-refractivity contribution in [3.8, 4) is 0 Å². The molecule has 1 atom stereocenters. The standard InChI is InChI=1S/C8H16FN/c1-6(2)10-4-8(5-10)7(3)9/h6-8H,4-5H2,1-3H3. The predicted octanol–water partition coefficient (Wildman–Crippen LogP) is 1.68. The third-order valence-corrected chi connectivity index (χ3v) is 2.32. The van der Waals surface area contributed by atoms with Crippen LogP contribution in [0.4, 0.5) is 4.39 Å². The molecule has 1 aliphatic heterocycles. The first-order valence-corrected chi connectivity index (χ1v) is 3.99. The highest BCUT2D eigenvalue weighted by Crippen LogP contribution is 2.22. The van der Waals surface area contributed by atoms with Crippen molar-refractivity contribution in [3.05, 3.63) is 0 Å². The molecule has 1 rings (SSSR count). The van der Waals surface area contributed by atoms with Gasteiger partial charge in [-0.1, -0.05) is 0 Å². The Hall–Kier alpha value is -0.110. The van der Waals surface area contributed by atoms with Crippen LogP contribution in [-0.4, -0.2) is 30.2 Å². The van der Waals surface area contributed by atoms with Gasteiger partial charge < -0.3 is 4.90 Å². The van der Waals surface area contributed by atoms with Crippen molar-refractivity contribution in [2.75, 3.05) is 13.1 Å². The van der Waals surface area contributed by atoms with E-state index in [2.05, 4.69) is 18.7 Å². The molecular weight excluding hydrogens is 129 g/mol. The second-order valence-corrected chi connectivity index (χ2v) is 3.49. The lowest BCUT2D eigenvalue weighted by molar-refractivity contribution is 0.0229. The highest BCUT2D eigenvalue weighted by molar-refractivity contribution is 4.84. The molecule has 2 heteroatoms. The van der Waals surface area contributed by atoms with Crippen molar-refractivity contribution in [1.29, 1.82) is 0 Å². The Kier molecular flexibility index (Phi) is 2.29. The smallest absolute Gasteiger partial charge is 0.103 e. The van der Waals surface area contributed by atoms with Gasteiger partial charge >= 0.3 is 0 Å². The van der Waals surface area contributed by atoms with Gasteiger partial charge in [0.2, 0.25) is 0 Å². The fraction of sp³-hybridized carbons (Fsp3) is 1.00. The first-order valence-electron chi connectivity index (χ1n) is 3.99. The van der Waals surface area contributed by atoms with Crippen LogP contribution in [0.1, 0.15) is 20.8 Å². The second-order valence-electron chi connectivity index (χ2n) is 3.49. The number of hydrogen-bond acceptors (Lipinski definition) is 1. The number of likely N-dealkylation sites (tertiary alicyclic amines) is 1. The molecule has 0 N–H and O–H groups in total. The Morgan fingerprint density at radius 2 is 1.80 bits per heavy atom. The number of nitrogens with zero attached hydrogens (tertiary/aromatic N) is 1. The van der Waals surface area contributed by atoms with Gasteiger partial charge in [0.15, 0.2) is 0 Å².